The third-order valence-electron chi connectivity index (χ3n) is 3.88. The SMILES string of the molecule is Cc1ccc(-c2n[nH]c(=S)n2CC(=O)Nc2cc(C)cc(C)c2)cc1. The Morgan fingerprint density at radius 3 is 2.36 bits per heavy atom. The number of aryl methyl sites for hydroxylation is 3. The highest BCUT2D eigenvalue weighted by molar-refractivity contribution is 7.71. The number of aromatic nitrogens is 3. The minimum Gasteiger partial charge on any atom is -0.325 e. The summed E-state index contributed by atoms with van der Waals surface area (Å²) in [6, 6.07) is 13.9. The van der Waals surface area contributed by atoms with Crippen LogP contribution < -0.4 is 5.32 Å². The van der Waals surface area contributed by atoms with Gasteiger partial charge in [-0.1, -0.05) is 35.9 Å². The summed E-state index contributed by atoms with van der Waals surface area (Å²) < 4.78 is 2.13. The van der Waals surface area contributed by atoms with Crippen LogP contribution in [0, 0.1) is 25.5 Å². The van der Waals surface area contributed by atoms with Crippen LogP contribution in [0.1, 0.15) is 16.7 Å². The molecule has 3 aromatic rings. The molecule has 6 heteroatoms. The van der Waals surface area contributed by atoms with E-state index in [0.29, 0.717) is 10.6 Å². The van der Waals surface area contributed by atoms with Gasteiger partial charge in [0.15, 0.2) is 10.6 Å². The highest BCUT2D eigenvalue weighted by Crippen LogP contribution is 2.18. The van der Waals surface area contributed by atoms with Crippen molar-refractivity contribution in [1.82, 2.24) is 14.8 Å². The number of benzene rings is 2. The van der Waals surface area contributed by atoms with Crippen LogP contribution in [0.25, 0.3) is 11.4 Å². The van der Waals surface area contributed by atoms with Crippen LogP contribution in [0.4, 0.5) is 5.69 Å². The van der Waals surface area contributed by atoms with E-state index < -0.39 is 0 Å². The van der Waals surface area contributed by atoms with E-state index in [1.54, 1.807) is 4.57 Å². The second-order valence-electron chi connectivity index (χ2n) is 6.23. The molecule has 0 fully saturated rings. The average Bonchev–Trinajstić information content (AvgIpc) is 2.88. The minimum absolute atomic E-state index is 0.103. The van der Waals surface area contributed by atoms with E-state index >= 15 is 0 Å². The summed E-state index contributed by atoms with van der Waals surface area (Å²) in [5, 5.41) is 9.97. The molecule has 5 nitrogen and oxygen atoms in total. The maximum absolute atomic E-state index is 12.5. The van der Waals surface area contributed by atoms with Crippen molar-refractivity contribution in [2.45, 2.75) is 27.3 Å². The number of nitrogens with zero attached hydrogens (tertiary/aromatic N) is 2. The number of carbonyl (C=O) groups excluding carboxylic acids is 1. The maximum Gasteiger partial charge on any atom is 0.244 e. The van der Waals surface area contributed by atoms with Gasteiger partial charge >= 0.3 is 0 Å². The van der Waals surface area contributed by atoms with E-state index in [-0.39, 0.29) is 12.5 Å². The summed E-state index contributed by atoms with van der Waals surface area (Å²) in [6.07, 6.45) is 0. The summed E-state index contributed by atoms with van der Waals surface area (Å²) in [6.45, 7) is 6.14. The first kappa shape index (κ1) is 17.1. The molecule has 1 heterocycles. The quantitative estimate of drug-likeness (QED) is 0.693. The summed E-state index contributed by atoms with van der Waals surface area (Å²) in [5.74, 6) is 0.511. The molecule has 25 heavy (non-hydrogen) atoms. The van der Waals surface area contributed by atoms with Crippen LogP contribution in [0.3, 0.4) is 0 Å². The Kier molecular flexibility index (Phi) is 4.81. The number of anilines is 1. The zero-order chi connectivity index (χ0) is 18.0. The molecule has 0 radical (unpaired) electrons. The number of rotatable bonds is 4. The highest BCUT2D eigenvalue weighted by Gasteiger charge is 2.12. The monoisotopic (exact) mass is 352 g/mol. The van der Waals surface area contributed by atoms with Crippen molar-refractivity contribution in [2.24, 2.45) is 0 Å². The molecule has 128 valence electrons. The summed E-state index contributed by atoms with van der Waals surface area (Å²) in [7, 11) is 0. The number of nitrogens with one attached hydrogen (secondary N) is 2. The first-order valence-electron chi connectivity index (χ1n) is 8.03. The Hall–Kier alpha value is -2.73. The predicted octanol–water partition coefficient (Wildman–Crippen LogP) is 4.17. The molecule has 3 rings (SSSR count). The van der Waals surface area contributed by atoms with E-state index in [0.717, 1.165) is 27.9 Å². The molecule has 2 aromatic carbocycles. The summed E-state index contributed by atoms with van der Waals surface area (Å²) in [5.41, 5.74) is 5.08. The maximum atomic E-state index is 12.5. The number of H-pyrrole nitrogens is 1. The van der Waals surface area contributed by atoms with Crippen molar-refractivity contribution < 1.29 is 4.79 Å². The van der Waals surface area contributed by atoms with E-state index in [1.807, 2.05) is 57.2 Å². The molecule has 1 aromatic heterocycles. The van der Waals surface area contributed by atoms with Crippen LogP contribution in [0.2, 0.25) is 0 Å². The number of carbonyl (C=O) groups is 1. The molecule has 0 unspecified atom stereocenters. The van der Waals surface area contributed by atoms with Crippen LogP contribution in [0.15, 0.2) is 42.5 Å². The Balaban J connectivity index is 1.83. The molecule has 0 bridgehead atoms. The zero-order valence-electron chi connectivity index (χ0n) is 14.5. The van der Waals surface area contributed by atoms with Gasteiger partial charge in [0.05, 0.1) is 0 Å². The second kappa shape index (κ2) is 7.03. The molecule has 0 saturated carbocycles. The fourth-order valence-corrected chi connectivity index (χ4v) is 2.98. The Bertz CT molecular complexity index is 950. The van der Waals surface area contributed by atoms with Gasteiger partial charge in [-0.2, -0.15) is 5.10 Å². The fourth-order valence-electron chi connectivity index (χ4n) is 2.78. The smallest absolute Gasteiger partial charge is 0.244 e. The van der Waals surface area contributed by atoms with E-state index in [1.165, 1.54) is 0 Å². The zero-order valence-corrected chi connectivity index (χ0v) is 15.3. The van der Waals surface area contributed by atoms with Crippen molar-refractivity contribution in [2.75, 3.05) is 5.32 Å². The molecule has 0 atom stereocenters. The number of aromatic amines is 1. The van der Waals surface area contributed by atoms with Crippen molar-refractivity contribution in [1.29, 1.82) is 0 Å². The van der Waals surface area contributed by atoms with Crippen molar-refractivity contribution in [3.05, 3.63) is 63.9 Å². The van der Waals surface area contributed by atoms with Gasteiger partial charge in [0.2, 0.25) is 5.91 Å². The summed E-state index contributed by atoms with van der Waals surface area (Å²) in [4.78, 5) is 12.5. The van der Waals surface area contributed by atoms with E-state index in [2.05, 4.69) is 21.6 Å². The lowest BCUT2D eigenvalue weighted by Gasteiger charge is -2.10. The largest absolute Gasteiger partial charge is 0.325 e. The lowest BCUT2D eigenvalue weighted by Crippen LogP contribution is -2.19. The summed E-state index contributed by atoms with van der Waals surface area (Å²) >= 11 is 5.29. The van der Waals surface area contributed by atoms with Gasteiger partial charge < -0.3 is 5.32 Å². The van der Waals surface area contributed by atoms with Crippen LogP contribution >= 0.6 is 12.2 Å². The molecule has 0 aliphatic carbocycles. The van der Waals surface area contributed by atoms with Gasteiger partial charge in [0.25, 0.3) is 0 Å². The lowest BCUT2D eigenvalue weighted by atomic mass is 10.1. The van der Waals surface area contributed by atoms with Gasteiger partial charge in [-0.25, -0.2) is 0 Å². The molecule has 0 aliphatic heterocycles. The third kappa shape index (κ3) is 4.03. The van der Waals surface area contributed by atoms with Crippen LogP contribution in [0.5, 0.6) is 0 Å². The highest BCUT2D eigenvalue weighted by atomic mass is 32.1. The van der Waals surface area contributed by atoms with Crippen molar-refractivity contribution in [3.8, 4) is 11.4 Å². The lowest BCUT2D eigenvalue weighted by molar-refractivity contribution is -0.116. The second-order valence-corrected chi connectivity index (χ2v) is 6.62. The first-order valence-corrected chi connectivity index (χ1v) is 8.43. The van der Waals surface area contributed by atoms with Crippen LogP contribution in [-0.2, 0) is 11.3 Å². The minimum atomic E-state index is -0.143. The number of amides is 1. The molecular formula is C19H20N4OS. The normalized spacial score (nSPS) is 10.7. The number of hydrogen-bond donors (Lipinski definition) is 2. The first-order chi connectivity index (χ1) is 11.9. The molecular weight excluding hydrogens is 332 g/mol. The third-order valence-corrected chi connectivity index (χ3v) is 4.19. The van der Waals surface area contributed by atoms with Gasteiger partial charge in [-0.3, -0.25) is 14.5 Å². The number of hydrogen-bond acceptors (Lipinski definition) is 3. The molecule has 1 amide bonds. The Labute approximate surface area is 151 Å². The van der Waals surface area contributed by atoms with Gasteiger partial charge in [0, 0.05) is 11.3 Å². The Morgan fingerprint density at radius 1 is 1.08 bits per heavy atom. The standard InChI is InChI=1S/C19H20N4OS/c1-12-4-6-15(7-5-12)18-21-22-19(25)23(18)11-17(24)20-16-9-13(2)8-14(3)10-16/h4-10H,11H2,1-3H3,(H,20,24)(H,22,25). The molecule has 0 spiro atoms. The van der Waals surface area contributed by atoms with E-state index in [4.69, 9.17) is 12.2 Å². The molecule has 0 saturated heterocycles. The van der Waals surface area contributed by atoms with Gasteiger partial charge in [0.1, 0.15) is 6.54 Å². The molecule has 2 N–H and O–H groups in total. The average molecular weight is 352 g/mol. The van der Waals surface area contributed by atoms with E-state index in [9.17, 15) is 4.79 Å². The van der Waals surface area contributed by atoms with Crippen molar-refractivity contribution >= 4 is 23.8 Å². The van der Waals surface area contributed by atoms with Gasteiger partial charge in [-0.15, -0.1) is 0 Å². The fraction of sp³-hybridized carbons (Fsp3) is 0.211. The van der Waals surface area contributed by atoms with Gasteiger partial charge in [-0.05, 0) is 56.2 Å². The van der Waals surface area contributed by atoms with Crippen LogP contribution in [-0.4, -0.2) is 20.7 Å². The predicted molar refractivity (Wildman–Crippen MR) is 102 cm³/mol. The van der Waals surface area contributed by atoms with Crippen molar-refractivity contribution in [3.63, 3.8) is 0 Å². The molecule has 0 aliphatic rings. The topological polar surface area (TPSA) is 62.7 Å². The Morgan fingerprint density at radius 2 is 1.72 bits per heavy atom.